The van der Waals surface area contributed by atoms with Crippen molar-refractivity contribution in [1.82, 2.24) is 5.32 Å². The lowest BCUT2D eigenvalue weighted by Gasteiger charge is -2.16. The van der Waals surface area contributed by atoms with E-state index in [1.165, 1.54) is 36.9 Å². The summed E-state index contributed by atoms with van der Waals surface area (Å²) in [6, 6.07) is 8.53. The molecule has 0 bridgehead atoms. The summed E-state index contributed by atoms with van der Waals surface area (Å²) >= 11 is 0. The topological polar surface area (TPSA) is 24.1 Å². The lowest BCUT2D eigenvalue weighted by atomic mass is 10.0. The number of fused-ring (bicyclic) bond motifs is 1. The molecule has 1 aromatic carbocycles. The molecule has 0 amide bonds. The van der Waals surface area contributed by atoms with Crippen molar-refractivity contribution in [3.05, 3.63) is 42.1 Å². The first-order valence-corrected chi connectivity index (χ1v) is 6.17. The first-order valence-electron chi connectivity index (χ1n) is 6.17. The van der Waals surface area contributed by atoms with Crippen LogP contribution in [0.3, 0.4) is 0 Å². The van der Waals surface area contributed by atoms with Gasteiger partial charge in [-0.25, -0.2) is 0 Å². The monoisotopic (exact) mass is 216 g/mol. The molecule has 2 aliphatic heterocycles. The predicted molar refractivity (Wildman–Crippen MR) is 69.6 cm³/mol. The molecule has 3 rings (SSSR count). The van der Waals surface area contributed by atoms with Crippen molar-refractivity contribution < 1.29 is 0 Å². The van der Waals surface area contributed by atoms with Crippen molar-refractivity contribution in [2.24, 2.45) is 0 Å². The molecule has 0 spiro atoms. The van der Waals surface area contributed by atoms with Crippen LogP contribution in [-0.2, 0) is 6.42 Å². The van der Waals surface area contributed by atoms with Gasteiger partial charge in [0.1, 0.15) is 0 Å². The Morgan fingerprint density at radius 3 is 2.56 bits per heavy atom. The Bertz CT molecular complexity index is 311. The number of hydrogen-bond acceptors (Lipinski definition) is 2. The van der Waals surface area contributed by atoms with Crippen LogP contribution in [0, 0.1) is 0 Å². The quantitative estimate of drug-likeness (QED) is 0.696. The van der Waals surface area contributed by atoms with Crippen molar-refractivity contribution in [2.75, 3.05) is 18.4 Å². The molecule has 2 heteroatoms. The van der Waals surface area contributed by atoms with Crippen LogP contribution in [0.4, 0.5) is 5.69 Å². The van der Waals surface area contributed by atoms with Gasteiger partial charge in [0.05, 0.1) is 0 Å². The SMILES string of the molecule is C1=CNCCC1.c1ccc2c(c1)CCCN2. The van der Waals surface area contributed by atoms with E-state index in [0.29, 0.717) is 0 Å². The fraction of sp³-hybridized carbons (Fsp3) is 0.429. The van der Waals surface area contributed by atoms with Gasteiger partial charge in [0, 0.05) is 18.8 Å². The van der Waals surface area contributed by atoms with Crippen LogP contribution in [0.15, 0.2) is 36.5 Å². The molecule has 2 nitrogen and oxygen atoms in total. The summed E-state index contributed by atoms with van der Waals surface area (Å²) in [7, 11) is 0. The number of nitrogens with one attached hydrogen (secondary N) is 2. The lowest BCUT2D eigenvalue weighted by Crippen LogP contribution is -2.10. The van der Waals surface area contributed by atoms with E-state index in [4.69, 9.17) is 0 Å². The summed E-state index contributed by atoms with van der Waals surface area (Å²) in [5, 5.41) is 6.47. The Morgan fingerprint density at radius 1 is 1.00 bits per heavy atom. The Labute approximate surface area is 97.8 Å². The molecule has 0 aliphatic carbocycles. The third-order valence-corrected chi connectivity index (χ3v) is 2.88. The van der Waals surface area contributed by atoms with Crippen LogP contribution < -0.4 is 10.6 Å². The van der Waals surface area contributed by atoms with Gasteiger partial charge in [-0.1, -0.05) is 24.3 Å². The van der Waals surface area contributed by atoms with Gasteiger partial charge in [-0.15, -0.1) is 0 Å². The van der Waals surface area contributed by atoms with E-state index in [0.717, 1.165) is 13.1 Å². The van der Waals surface area contributed by atoms with Crippen molar-refractivity contribution >= 4 is 5.69 Å². The Kier molecular flexibility index (Phi) is 4.29. The summed E-state index contributed by atoms with van der Waals surface area (Å²) in [5.41, 5.74) is 2.79. The van der Waals surface area contributed by atoms with Crippen molar-refractivity contribution in [3.63, 3.8) is 0 Å². The summed E-state index contributed by atoms with van der Waals surface area (Å²) in [4.78, 5) is 0. The fourth-order valence-corrected chi connectivity index (χ4v) is 1.98. The average Bonchev–Trinajstić information content (AvgIpc) is 2.42. The zero-order chi connectivity index (χ0) is 11.1. The Hall–Kier alpha value is -1.44. The molecule has 0 fully saturated rings. The normalized spacial score (nSPS) is 17.2. The van der Waals surface area contributed by atoms with Crippen molar-refractivity contribution in [1.29, 1.82) is 0 Å². The van der Waals surface area contributed by atoms with Crippen LogP contribution in [0.25, 0.3) is 0 Å². The van der Waals surface area contributed by atoms with E-state index in [2.05, 4.69) is 41.0 Å². The molecule has 0 saturated heterocycles. The second-order valence-corrected chi connectivity index (χ2v) is 4.19. The molecule has 1 aromatic rings. The average molecular weight is 216 g/mol. The van der Waals surface area contributed by atoms with E-state index >= 15 is 0 Å². The Morgan fingerprint density at radius 2 is 1.94 bits per heavy atom. The molecule has 0 atom stereocenters. The molecule has 16 heavy (non-hydrogen) atoms. The zero-order valence-corrected chi connectivity index (χ0v) is 9.71. The van der Waals surface area contributed by atoms with Gasteiger partial charge in [0.25, 0.3) is 0 Å². The number of benzene rings is 1. The van der Waals surface area contributed by atoms with Gasteiger partial charge in [-0.3, -0.25) is 0 Å². The van der Waals surface area contributed by atoms with E-state index in [1.54, 1.807) is 0 Å². The highest BCUT2D eigenvalue weighted by molar-refractivity contribution is 5.52. The van der Waals surface area contributed by atoms with Crippen LogP contribution >= 0.6 is 0 Å². The number of hydrogen-bond donors (Lipinski definition) is 2. The largest absolute Gasteiger partial charge is 0.391 e. The maximum Gasteiger partial charge on any atom is 0.0372 e. The van der Waals surface area contributed by atoms with Gasteiger partial charge in [0.15, 0.2) is 0 Å². The van der Waals surface area contributed by atoms with E-state index < -0.39 is 0 Å². The summed E-state index contributed by atoms with van der Waals surface area (Å²) in [6.45, 7) is 2.30. The molecule has 0 radical (unpaired) electrons. The molecule has 0 unspecified atom stereocenters. The van der Waals surface area contributed by atoms with Crippen LogP contribution in [0.5, 0.6) is 0 Å². The third kappa shape index (κ3) is 3.30. The van der Waals surface area contributed by atoms with Gasteiger partial charge >= 0.3 is 0 Å². The van der Waals surface area contributed by atoms with Crippen LogP contribution in [0.1, 0.15) is 24.8 Å². The number of anilines is 1. The molecular weight excluding hydrogens is 196 g/mol. The van der Waals surface area contributed by atoms with Gasteiger partial charge in [-0.2, -0.15) is 0 Å². The minimum atomic E-state index is 1.14. The molecule has 2 N–H and O–H groups in total. The molecule has 0 aromatic heterocycles. The number of rotatable bonds is 0. The number of aryl methyl sites for hydroxylation is 1. The smallest absolute Gasteiger partial charge is 0.0372 e. The third-order valence-electron chi connectivity index (χ3n) is 2.88. The molecule has 2 heterocycles. The highest BCUT2D eigenvalue weighted by Gasteiger charge is 2.04. The van der Waals surface area contributed by atoms with Crippen molar-refractivity contribution in [2.45, 2.75) is 25.7 Å². The van der Waals surface area contributed by atoms with Crippen LogP contribution in [-0.4, -0.2) is 13.1 Å². The minimum absolute atomic E-state index is 1.14. The number of allylic oxidation sites excluding steroid dienone is 1. The highest BCUT2D eigenvalue weighted by atomic mass is 14.9. The van der Waals surface area contributed by atoms with Crippen molar-refractivity contribution in [3.8, 4) is 0 Å². The fourth-order valence-electron chi connectivity index (χ4n) is 1.98. The first-order chi connectivity index (χ1) is 7.97. The predicted octanol–water partition coefficient (Wildman–Crippen LogP) is 2.93. The van der Waals surface area contributed by atoms with E-state index in [-0.39, 0.29) is 0 Å². The summed E-state index contributed by atoms with van der Waals surface area (Å²) in [6.07, 6.45) is 9.25. The highest BCUT2D eigenvalue weighted by Crippen LogP contribution is 2.20. The van der Waals surface area contributed by atoms with Gasteiger partial charge < -0.3 is 10.6 Å². The zero-order valence-electron chi connectivity index (χ0n) is 9.71. The maximum absolute atomic E-state index is 3.36. The second kappa shape index (κ2) is 6.21. The first kappa shape index (κ1) is 11.1. The standard InChI is InChI=1S/C9H11N.C5H9N/c1-2-6-9-8(4-1)5-3-7-10-9;1-2-4-6-5-3-1/h1-2,4,6,10H,3,5,7H2;2,4,6H,1,3,5H2. The van der Waals surface area contributed by atoms with Gasteiger partial charge in [0.2, 0.25) is 0 Å². The lowest BCUT2D eigenvalue weighted by molar-refractivity contribution is 0.728. The van der Waals surface area contributed by atoms with Crippen LogP contribution in [0.2, 0.25) is 0 Å². The summed E-state index contributed by atoms with van der Waals surface area (Å²) < 4.78 is 0. The molecule has 0 saturated carbocycles. The molecular formula is C14H20N2. The maximum atomic E-state index is 3.36. The second-order valence-electron chi connectivity index (χ2n) is 4.19. The Balaban J connectivity index is 0.000000138. The molecule has 86 valence electrons. The summed E-state index contributed by atoms with van der Waals surface area (Å²) in [5.74, 6) is 0. The molecule has 2 aliphatic rings. The number of para-hydroxylation sites is 1. The minimum Gasteiger partial charge on any atom is -0.391 e. The van der Waals surface area contributed by atoms with E-state index in [1.807, 2.05) is 6.20 Å². The van der Waals surface area contributed by atoms with E-state index in [9.17, 15) is 0 Å². The van der Waals surface area contributed by atoms with Gasteiger partial charge in [-0.05, 0) is 43.5 Å².